The molecule has 0 radical (unpaired) electrons. The number of anilines is 1. The van der Waals surface area contributed by atoms with Crippen molar-refractivity contribution in [2.45, 2.75) is 6.54 Å². The molecule has 5 nitrogen and oxygen atoms in total. The van der Waals surface area contributed by atoms with Crippen LogP contribution in [0.15, 0.2) is 30.3 Å². The van der Waals surface area contributed by atoms with Gasteiger partial charge in [-0.05, 0) is 17.7 Å². The number of methoxy groups -OCH3 is 2. The zero-order valence-electron chi connectivity index (χ0n) is 10.7. The molecule has 100 valence electrons. The number of hydrogen-bond acceptors (Lipinski definition) is 5. The van der Waals surface area contributed by atoms with Crippen LogP contribution in [-0.4, -0.2) is 24.4 Å². The topological polar surface area (TPSA) is 56.3 Å². The third-order valence-corrected chi connectivity index (χ3v) is 2.75. The molecule has 1 aromatic heterocycles. The number of halogens is 1. The lowest BCUT2D eigenvalue weighted by Crippen LogP contribution is -2.03. The van der Waals surface area contributed by atoms with E-state index in [4.69, 9.17) is 21.1 Å². The number of ether oxygens (including phenoxy) is 2. The van der Waals surface area contributed by atoms with Crippen LogP contribution in [-0.2, 0) is 6.54 Å². The van der Waals surface area contributed by atoms with Gasteiger partial charge >= 0.3 is 0 Å². The normalized spacial score (nSPS) is 10.1. The van der Waals surface area contributed by atoms with Crippen molar-refractivity contribution in [3.63, 3.8) is 0 Å². The Hall–Kier alpha value is -2.01. The molecule has 0 aliphatic heterocycles. The van der Waals surface area contributed by atoms with E-state index < -0.39 is 0 Å². The van der Waals surface area contributed by atoms with Crippen LogP contribution in [0.1, 0.15) is 5.56 Å². The average molecular weight is 280 g/mol. The van der Waals surface area contributed by atoms with Gasteiger partial charge in [0.05, 0.1) is 14.2 Å². The van der Waals surface area contributed by atoms with Crippen LogP contribution < -0.4 is 14.8 Å². The van der Waals surface area contributed by atoms with E-state index in [1.54, 1.807) is 13.2 Å². The van der Waals surface area contributed by atoms with Crippen LogP contribution in [0.4, 0.5) is 5.69 Å². The lowest BCUT2D eigenvalue weighted by molar-refractivity contribution is 0.394. The molecule has 0 amide bonds. The van der Waals surface area contributed by atoms with Crippen molar-refractivity contribution >= 4 is 17.3 Å². The number of benzene rings is 1. The van der Waals surface area contributed by atoms with Gasteiger partial charge < -0.3 is 14.8 Å². The molecule has 0 aliphatic carbocycles. The second kappa shape index (κ2) is 6.24. The van der Waals surface area contributed by atoms with Crippen molar-refractivity contribution in [2.75, 3.05) is 19.5 Å². The van der Waals surface area contributed by atoms with Gasteiger partial charge in [0.2, 0.25) is 0 Å². The monoisotopic (exact) mass is 279 g/mol. The van der Waals surface area contributed by atoms with E-state index >= 15 is 0 Å². The largest absolute Gasteiger partial charge is 0.497 e. The van der Waals surface area contributed by atoms with Crippen molar-refractivity contribution in [3.05, 3.63) is 41.0 Å². The van der Waals surface area contributed by atoms with E-state index in [2.05, 4.69) is 15.5 Å². The van der Waals surface area contributed by atoms with E-state index in [1.165, 1.54) is 7.11 Å². The standard InChI is InChI=1S/C13H14ClN3O2/c1-18-10-5-3-9(4-6-10)8-15-11-7-12(14)16-17-13(11)19-2/h3-7H,8H2,1-2H3,(H,15,16). The van der Waals surface area contributed by atoms with Gasteiger partial charge in [-0.15, -0.1) is 10.2 Å². The summed E-state index contributed by atoms with van der Waals surface area (Å²) in [7, 11) is 3.18. The molecule has 0 bridgehead atoms. The minimum absolute atomic E-state index is 0.318. The van der Waals surface area contributed by atoms with E-state index in [9.17, 15) is 0 Å². The zero-order chi connectivity index (χ0) is 13.7. The highest BCUT2D eigenvalue weighted by atomic mass is 35.5. The molecule has 19 heavy (non-hydrogen) atoms. The summed E-state index contributed by atoms with van der Waals surface area (Å²) in [5, 5.41) is 11.1. The van der Waals surface area contributed by atoms with Crippen LogP contribution in [0, 0.1) is 0 Å². The second-order valence-electron chi connectivity index (χ2n) is 3.79. The molecule has 1 aromatic carbocycles. The molecule has 0 unspecified atom stereocenters. The Morgan fingerprint density at radius 2 is 1.84 bits per heavy atom. The highest BCUT2D eigenvalue weighted by Crippen LogP contribution is 2.23. The Labute approximate surface area is 116 Å². The minimum Gasteiger partial charge on any atom is -0.497 e. The molecule has 0 saturated heterocycles. The molecular formula is C13H14ClN3O2. The molecule has 0 spiro atoms. The Morgan fingerprint density at radius 3 is 2.47 bits per heavy atom. The van der Waals surface area contributed by atoms with Crippen molar-refractivity contribution in [3.8, 4) is 11.6 Å². The molecule has 0 fully saturated rings. The van der Waals surface area contributed by atoms with Crippen LogP contribution >= 0.6 is 11.6 Å². The van der Waals surface area contributed by atoms with Gasteiger partial charge in [0.25, 0.3) is 5.88 Å². The Morgan fingerprint density at radius 1 is 1.11 bits per heavy atom. The fourth-order valence-electron chi connectivity index (χ4n) is 1.57. The summed E-state index contributed by atoms with van der Waals surface area (Å²) in [5.41, 5.74) is 1.81. The summed E-state index contributed by atoms with van der Waals surface area (Å²) >= 11 is 5.81. The van der Waals surface area contributed by atoms with Gasteiger partial charge in [-0.2, -0.15) is 0 Å². The molecule has 0 saturated carbocycles. The smallest absolute Gasteiger partial charge is 0.256 e. The minimum atomic E-state index is 0.318. The molecule has 0 aliphatic rings. The molecule has 2 aromatic rings. The van der Waals surface area contributed by atoms with Gasteiger partial charge in [0.15, 0.2) is 5.15 Å². The maximum Gasteiger partial charge on any atom is 0.256 e. The molecular weight excluding hydrogens is 266 g/mol. The van der Waals surface area contributed by atoms with E-state index in [1.807, 2.05) is 24.3 Å². The Bertz CT molecular complexity index is 546. The van der Waals surface area contributed by atoms with Crippen molar-refractivity contribution in [2.24, 2.45) is 0 Å². The van der Waals surface area contributed by atoms with E-state index in [0.717, 1.165) is 11.3 Å². The number of nitrogens with zero attached hydrogens (tertiary/aromatic N) is 2. The van der Waals surface area contributed by atoms with Crippen LogP contribution in [0.2, 0.25) is 5.15 Å². The second-order valence-corrected chi connectivity index (χ2v) is 4.18. The first-order valence-electron chi connectivity index (χ1n) is 5.67. The number of aromatic nitrogens is 2. The predicted molar refractivity (Wildman–Crippen MR) is 73.9 cm³/mol. The molecule has 1 heterocycles. The van der Waals surface area contributed by atoms with Crippen molar-refractivity contribution in [1.82, 2.24) is 10.2 Å². The first-order valence-corrected chi connectivity index (χ1v) is 6.04. The third-order valence-electron chi connectivity index (χ3n) is 2.57. The maximum atomic E-state index is 5.81. The van der Waals surface area contributed by atoms with E-state index in [-0.39, 0.29) is 0 Å². The number of rotatable bonds is 5. The summed E-state index contributed by atoms with van der Waals surface area (Å²) in [5.74, 6) is 1.24. The maximum absolute atomic E-state index is 5.81. The fourth-order valence-corrected chi connectivity index (χ4v) is 1.72. The van der Waals surface area contributed by atoms with Gasteiger partial charge in [0, 0.05) is 12.6 Å². The summed E-state index contributed by atoms with van der Waals surface area (Å²) < 4.78 is 10.2. The van der Waals surface area contributed by atoms with Gasteiger partial charge in [-0.1, -0.05) is 23.7 Å². The lowest BCUT2D eigenvalue weighted by Gasteiger charge is -2.10. The van der Waals surface area contributed by atoms with Crippen LogP contribution in [0.3, 0.4) is 0 Å². The van der Waals surface area contributed by atoms with Crippen molar-refractivity contribution in [1.29, 1.82) is 0 Å². The lowest BCUT2D eigenvalue weighted by atomic mass is 10.2. The highest BCUT2D eigenvalue weighted by Gasteiger charge is 2.06. The van der Waals surface area contributed by atoms with E-state index in [0.29, 0.717) is 23.3 Å². The number of hydrogen-bond donors (Lipinski definition) is 1. The summed E-state index contributed by atoms with van der Waals surface area (Å²) in [6, 6.07) is 9.46. The summed E-state index contributed by atoms with van der Waals surface area (Å²) in [4.78, 5) is 0. The van der Waals surface area contributed by atoms with Crippen LogP contribution in [0.5, 0.6) is 11.6 Å². The Kier molecular flexibility index (Phi) is 4.41. The summed E-state index contributed by atoms with van der Waals surface area (Å²) in [6.45, 7) is 0.627. The average Bonchev–Trinajstić information content (AvgIpc) is 2.46. The quantitative estimate of drug-likeness (QED) is 0.912. The van der Waals surface area contributed by atoms with Crippen LogP contribution in [0.25, 0.3) is 0 Å². The fraction of sp³-hybridized carbons (Fsp3) is 0.231. The molecule has 6 heteroatoms. The summed E-state index contributed by atoms with van der Waals surface area (Å²) in [6.07, 6.45) is 0. The Balaban J connectivity index is 2.07. The highest BCUT2D eigenvalue weighted by molar-refractivity contribution is 6.29. The van der Waals surface area contributed by atoms with Gasteiger partial charge in [-0.25, -0.2) is 0 Å². The van der Waals surface area contributed by atoms with Crippen molar-refractivity contribution < 1.29 is 9.47 Å². The van der Waals surface area contributed by atoms with Gasteiger partial charge in [0.1, 0.15) is 11.4 Å². The third kappa shape index (κ3) is 3.48. The molecule has 2 rings (SSSR count). The number of nitrogens with one attached hydrogen (secondary N) is 1. The first-order chi connectivity index (χ1) is 9.22. The van der Waals surface area contributed by atoms with Gasteiger partial charge in [-0.3, -0.25) is 0 Å². The predicted octanol–water partition coefficient (Wildman–Crippen LogP) is 2.76. The zero-order valence-corrected chi connectivity index (χ0v) is 11.4. The molecule has 1 N–H and O–H groups in total. The first kappa shape index (κ1) is 13.4. The SMILES string of the molecule is COc1ccc(CNc2cc(Cl)nnc2OC)cc1. The molecule has 0 atom stereocenters.